The van der Waals surface area contributed by atoms with Gasteiger partial charge in [0.25, 0.3) is 0 Å². The molecule has 0 radical (unpaired) electrons. The Hall–Kier alpha value is -2.80. The van der Waals surface area contributed by atoms with Crippen molar-refractivity contribution in [3.05, 3.63) is 65.8 Å². The molecule has 1 heterocycles. The average Bonchev–Trinajstić information content (AvgIpc) is 3.30. The van der Waals surface area contributed by atoms with Crippen molar-refractivity contribution < 1.29 is 18.3 Å². The molecule has 3 rings (SSSR count). The summed E-state index contributed by atoms with van der Waals surface area (Å²) in [5.74, 6) is -0.0763. The van der Waals surface area contributed by atoms with Crippen molar-refractivity contribution in [2.24, 2.45) is 0 Å². The number of rotatable bonds is 6. The first-order valence-corrected chi connectivity index (χ1v) is 13.9. The topological polar surface area (TPSA) is 51.2 Å². The first-order chi connectivity index (χ1) is 17.7. The van der Waals surface area contributed by atoms with Gasteiger partial charge in [0.1, 0.15) is 5.75 Å². The maximum atomic E-state index is 12.7. The number of carbonyl (C=O) groups excluding carboxylic acids is 1. The lowest BCUT2D eigenvalue weighted by Gasteiger charge is -2.12. The highest BCUT2D eigenvalue weighted by Gasteiger charge is 2.23. The zero-order chi connectivity index (χ0) is 29.0. The maximum Gasteiger partial charge on any atom is 0.394 e. The largest absolute Gasteiger partial charge is 0.433 e. The van der Waals surface area contributed by atoms with Crippen molar-refractivity contribution in [3.63, 3.8) is 0 Å². The van der Waals surface area contributed by atoms with Crippen LogP contribution in [-0.2, 0) is 4.79 Å². The summed E-state index contributed by atoms with van der Waals surface area (Å²) in [4.78, 5) is 15.4. The lowest BCUT2D eigenvalue weighted by molar-refractivity contribution is -0.158. The van der Waals surface area contributed by atoms with Gasteiger partial charge in [-0.05, 0) is 56.0 Å². The van der Waals surface area contributed by atoms with Crippen LogP contribution in [-0.4, -0.2) is 17.0 Å². The molecule has 208 valence electrons. The summed E-state index contributed by atoms with van der Waals surface area (Å²) in [7, 11) is 0. The first-order valence-electron chi connectivity index (χ1n) is 13.1. The van der Waals surface area contributed by atoms with Crippen LogP contribution in [0.25, 0.3) is 10.2 Å². The molecule has 0 bridgehead atoms. The van der Waals surface area contributed by atoms with Crippen LogP contribution in [0.3, 0.4) is 0 Å². The van der Waals surface area contributed by atoms with Crippen LogP contribution in [0, 0.1) is 0 Å². The van der Waals surface area contributed by atoms with E-state index in [-0.39, 0.29) is 11.7 Å². The minimum absolute atomic E-state index is 0.0667. The fourth-order valence-electron chi connectivity index (χ4n) is 2.94. The van der Waals surface area contributed by atoms with Gasteiger partial charge in [-0.25, -0.2) is 4.98 Å². The number of halogens is 2. The van der Waals surface area contributed by atoms with Gasteiger partial charge in [0.2, 0.25) is 5.91 Å². The highest BCUT2D eigenvalue weighted by molar-refractivity contribution is 7.22. The number of thiazole rings is 1. The predicted molar refractivity (Wildman–Crippen MR) is 159 cm³/mol. The zero-order valence-corrected chi connectivity index (χ0v) is 25.1. The number of alkyl halides is 2. The van der Waals surface area contributed by atoms with Crippen LogP contribution in [0.1, 0.15) is 88.5 Å². The molecule has 1 aliphatic carbocycles. The molecule has 37 heavy (non-hydrogen) atoms. The van der Waals surface area contributed by atoms with Crippen LogP contribution in [0.2, 0.25) is 0 Å². The SMILES string of the molecule is C=C/C(=C/C)C1=C(C)CCC=C1.CC.CC.CC.CCC(=O)Nc1nc2ccc(OC(C)(F)F)cc2s1. The molecule has 0 fully saturated rings. The van der Waals surface area contributed by atoms with Crippen molar-refractivity contribution >= 4 is 32.6 Å². The lowest BCUT2D eigenvalue weighted by atomic mass is 9.93. The van der Waals surface area contributed by atoms with Gasteiger partial charge in [0.05, 0.1) is 10.2 Å². The van der Waals surface area contributed by atoms with E-state index < -0.39 is 6.11 Å². The number of nitrogens with one attached hydrogen (secondary N) is 1. The second kappa shape index (κ2) is 20.3. The van der Waals surface area contributed by atoms with E-state index in [4.69, 9.17) is 0 Å². The summed E-state index contributed by atoms with van der Waals surface area (Å²) < 4.78 is 30.6. The van der Waals surface area contributed by atoms with E-state index in [1.54, 1.807) is 13.0 Å². The standard InChI is InChI=1S/C12H12F2N2O2S.C12H16.3C2H6/c1-3-10(17)16-11-15-8-5-4-7(6-9(8)19-11)18-12(2,13)14;1-4-11(5-2)12-9-7-6-8-10(12)3;3*1-2/h4-6H,3H2,1-2H3,(H,15,16,17);4-5,7,9H,1,6,8H2,2-3H3;3*1-2H3/b;11-5-;;;. The number of benzene rings is 1. The van der Waals surface area contributed by atoms with Crippen LogP contribution >= 0.6 is 11.3 Å². The van der Waals surface area contributed by atoms with Crippen LogP contribution in [0.5, 0.6) is 5.75 Å². The monoisotopic (exact) mass is 536 g/mol. The molecule has 0 spiro atoms. The van der Waals surface area contributed by atoms with Crippen molar-refractivity contribution in [2.45, 2.75) is 94.6 Å². The Bertz CT molecular complexity index is 1030. The molecule has 0 saturated carbocycles. The average molecular weight is 537 g/mol. The molecule has 0 aliphatic heterocycles. The van der Waals surface area contributed by atoms with Crippen molar-refractivity contribution in [2.75, 3.05) is 5.32 Å². The Morgan fingerprint density at radius 1 is 1.22 bits per heavy atom. The van der Waals surface area contributed by atoms with Gasteiger partial charge < -0.3 is 10.1 Å². The number of fused-ring (bicyclic) bond motifs is 1. The molecule has 1 aliphatic rings. The van der Waals surface area contributed by atoms with Crippen molar-refractivity contribution in [1.82, 2.24) is 4.98 Å². The van der Waals surface area contributed by atoms with Gasteiger partial charge in [0, 0.05) is 13.3 Å². The van der Waals surface area contributed by atoms with Gasteiger partial charge in [-0.3, -0.25) is 4.79 Å². The predicted octanol–water partition coefficient (Wildman–Crippen LogP) is 10.5. The molecule has 4 nitrogen and oxygen atoms in total. The molecule has 1 N–H and O–H groups in total. The van der Waals surface area contributed by atoms with Crippen LogP contribution in [0.15, 0.2) is 65.8 Å². The fraction of sp³-hybridized carbons (Fsp3) is 0.467. The second-order valence-corrected chi connectivity index (χ2v) is 8.07. The van der Waals surface area contributed by atoms with E-state index in [1.807, 2.05) is 47.6 Å². The Kier molecular flexibility index (Phi) is 19.9. The molecule has 0 saturated heterocycles. The number of anilines is 1. The van der Waals surface area contributed by atoms with E-state index in [0.717, 1.165) is 0 Å². The Morgan fingerprint density at radius 2 is 1.84 bits per heavy atom. The number of allylic oxidation sites excluding steroid dienone is 7. The third kappa shape index (κ3) is 13.9. The van der Waals surface area contributed by atoms with Crippen LogP contribution in [0.4, 0.5) is 13.9 Å². The molecule has 0 unspecified atom stereocenters. The Balaban J connectivity index is 0. The van der Waals surface area contributed by atoms with Gasteiger partial charge >= 0.3 is 6.11 Å². The Morgan fingerprint density at radius 3 is 2.32 bits per heavy atom. The molecular weight excluding hydrogens is 490 g/mol. The number of carbonyl (C=O) groups is 1. The minimum Gasteiger partial charge on any atom is -0.433 e. The normalized spacial score (nSPS) is 12.4. The third-order valence-electron chi connectivity index (χ3n) is 4.50. The summed E-state index contributed by atoms with van der Waals surface area (Å²) >= 11 is 1.21. The highest BCUT2D eigenvalue weighted by atomic mass is 32.1. The zero-order valence-electron chi connectivity index (χ0n) is 24.3. The number of nitrogens with zero attached hydrogens (tertiary/aromatic N) is 1. The quantitative estimate of drug-likeness (QED) is 0.374. The number of ether oxygens (including phenoxy) is 1. The summed E-state index contributed by atoms with van der Waals surface area (Å²) in [6.45, 7) is 22.5. The summed E-state index contributed by atoms with van der Waals surface area (Å²) in [5, 5.41) is 3.07. The molecule has 2 aromatic rings. The van der Waals surface area contributed by atoms with Gasteiger partial charge in [-0.15, -0.1) is 0 Å². The fourth-order valence-corrected chi connectivity index (χ4v) is 3.85. The lowest BCUT2D eigenvalue weighted by Crippen LogP contribution is -2.18. The number of amides is 1. The third-order valence-corrected chi connectivity index (χ3v) is 5.43. The van der Waals surface area contributed by atoms with Gasteiger partial charge in [-0.1, -0.05) is 96.3 Å². The Labute approximate surface area is 227 Å². The molecule has 1 aromatic heterocycles. The van der Waals surface area contributed by atoms with E-state index in [2.05, 4.69) is 53.7 Å². The minimum atomic E-state index is -3.22. The smallest absolute Gasteiger partial charge is 0.394 e. The molecule has 1 amide bonds. The number of hydrogen-bond acceptors (Lipinski definition) is 4. The van der Waals surface area contributed by atoms with E-state index >= 15 is 0 Å². The second-order valence-electron chi connectivity index (χ2n) is 7.04. The number of hydrogen-bond donors (Lipinski definition) is 1. The summed E-state index contributed by atoms with van der Waals surface area (Å²) in [6.07, 6.45) is 7.98. The van der Waals surface area contributed by atoms with E-state index in [1.165, 1.54) is 53.0 Å². The highest BCUT2D eigenvalue weighted by Crippen LogP contribution is 2.31. The molecule has 0 atom stereocenters. The molecule has 7 heteroatoms. The molecule has 1 aromatic carbocycles. The van der Waals surface area contributed by atoms with E-state index in [0.29, 0.717) is 28.7 Å². The number of aromatic nitrogens is 1. The van der Waals surface area contributed by atoms with Crippen molar-refractivity contribution in [3.8, 4) is 5.75 Å². The van der Waals surface area contributed by atoms with Crippen molar-refractivity contribution in [1.29, 1.82) is 0 Å². The summed E-state index contributed by atoms with van der Waals surface area (Å²) in [5.41, 5.74) is 4.72. The molecular formula is C30H46F2N2O2S. The maximum absolute atomic E-state index is 12.7. The van der Waals surface area contributed by atoms with Gasteiger partial charge in [-0.2, -0.15) is 8.78 Å². The summed E-state index contributed by atoms with van der Waals surface area (Å²) in [6, 6.07) is 4.48. The first kappa shape index (κ1) is 36.4. The van der Waals surface area contributed by atoms with Gasteiger partial charge in [0.15, 0.2) is 5.13 Å². The van der Waals surface area contributed by atoms with E-state index in [9.17, 15) is 13.6 Å². The van der Waals surface area contributed by atoms with Crippen LogP contribution < -0.4 is 10.1 Å².